The van der Waals surface area contributed by atoms with Gasteiger partial charge in [-0.3, -0.25) is 4.90 Å². The molecule has 0 amide bonds. The second kappa shape index (κ2) is 13.6. The molecule has 3 aromatic rings. The van der Waals surface area contributed by atoms with Gasteiger partial charge in [0.15, 0.2) is 0 Å². The van der Waals surface area contributed by atoms with Crippen molar-refractivity contribution >= 4 is 11.4 Å². The minimum absolute atomic E-state index is 0.332. The third-order valence-electron chi connectivity index (χ3n) is 8.04. The predicted octanol–water partition coefficient (Wildman–Crippen LogP) is 6.69. The molecule has 5 rings (SSSR count). The lowest BCUT2D eigenvalue weighted by molar-refractivity contribution is 0.214. The molecule has 3 aromatic carbocycles. The van der Waals surface area contributed by atoms with E-state index in [0.29, 0.717) is 11.7 Å². The normalized spacial score (nSPS) is 18.3. The Labute approximate surface area is 228 Å². The minimum Gasteiger partial charge on any atom is -0.508 e. The number of nitrogens with one attached hydrogen (secondary N) is 1. The van der Waals surface area contributed by atoms with Crippen molar-refractivity contribution in [3.05, 3.63) is 83.9 Å². The summed E-state index contributed by atoms with van der Waals surface area (Å²) in [4.78, 5) is 4.92. The molecule has 0 spiro atoms. The molecule has 2 heterocycles. The van der Waals surface area contributed by atoms with Crippen LogP contribution in [-0.2, 0) is 6.42 Å². The van der Waals surface area contributed by atoms with E-state index in [-0.39, 0.29) is 0 Å². The summed E-state index contributed by atoms with van der Waals surface area (Å²) < 4.78 is 6.02. The number of anilines is 2. The van der Waals surface area contributed by atoms with Gasteiger partial charge in [0.2, 0.25) is 0 Å². The lowest BCUT2D eigenvalue weighted by Crippen LogP contribution is -2.29. The molecule has 202 valence electrons. The van der Waals surface area contributed by atoms with E-state index in [4.69, 9.17) is 4.74 Å². The SMILES string of the molecule is Oc1cccc(N2CCC(c3ccccc3NCCCc3ccc(OCCN4CCCCCC4)cc3)C2)c1. The van der Waals surface area contributed by atoms with Gasteiger partial charge in [-0.25, -0.2) is 0 Å². The molecule has 2 aliphatic rings. The largest absolute Gasteiger partial charge is 0.508 e. The Hall–Kier alpha value is -3.18. The van der Waals surface area contributed by atoms with Crippen molar-refractivity contribution < 1.29 is 9.84 Å². The number of phenols is 1. The summed E-state index contributed by atoms with van der Waals surface area (Å²) in [7, 11) is 0. The molecule has 5 nitrogen and oxygen atoms in total. The van der Waals surface area contributed by atoms with E-state index < -0.39 is 0 Å². The smallest absolute Gasteiger partial charge is 0.119 e. The van der Waals surface area contributed by atoms with Gasteiger partial charge in [0.25, 0.3) is 0 Å². The zero-order valence-corrected chi connectivity index (χ0v) is 22.7. The number of nitrogens with zero attached hydrogens (tertiary/aromatic N) is 2. The lowest BCUT2D eigenvalue weighted by Gasteiger charge is -2.20. The summed E-state index contributed by atoms with van der Waals surface area (Å²) in [6, 6.07) is 25.0. The number of rotatable bonds is 11. The standard InChI is InChI=1S/C33H43N3O2/c37-30-11-7-10-29(25-30)36-22-18-28(26-36)32-12-3-4-13-33(32)34-19-8-9-27-14-16-31(17-15-27)38-24-23-35-20-5-1-2-6-21-35/h3-4,7,10-17,25,28,34,37H,1-2,5-6,8-9,18-24,26H2. The zero-order valence-electron chi connectivity index (χ0n) is 22.7. The second-order valence-corrected chi connectivity index (χ2v) is 10.8. The molecule has 0 aromatic heterocycles. The van der Waals surface area contributed by atoms with Gasteiger partial charge in [0, 0.05) is 49.5 Å². The quantitative estimate of drug-likeness (QED) is 0.280. The Morgan fingerprint density at radius 1 is 0.868 bits per heavy atom. The van der Waals surface area contributed by atoms with Gasteiger partial charge in [0.05, 0.1) is 0 Å². The zero-order chi connectivity index (χ0) is 26.0. The van der Waals surface area contributed by atoms with E-state index in [9.17, 15) is 5.11 Å². The molecular weight excluding hydrogens is 470 g/mol. The minimum atomic E-state index is 0.332. The Morgan fingerprint density at radius 2 is 1.68 bits per heavy atom. The topological polar surface area (TPSA) is 48.0 Å². The molecule has 0 saturated carbocycles. The summed E-state index contributed by atoms with van der Waals surface area (Å²) in [5, 5.41) is 13.6. The molecule has 2 fully saturated rings. The van der Waals surface area contributed by atoms with Gasteiger partial charge in [-0.1, -0.05) is 49.2 Å². The summed E-state index contributed by atoms with van der Waals surface area (Å²) in [5.74, 6) is 1.80. The number of benzene rings is 3. The molecule has 2 aliphatic heterocycles. The van der Waals surface area contributed by atoms with Crippen LogP contribution in [0, 0.1) is 0 Å². The van der Waals surface area contributed by atoms with Crippen LogP contribution in [0.1, 0.15) is 55.6 Å². The summed E-state index contributed by atoms with van der Waals surface area (Å²) >= 11 is 0. The molecule has 0 aliphatic carbocycles. The number of hydrogen-bond acceptors (Lipinski definition) is 5. The molecule has 1 unspecified atom stereocenters. The molecule has 0 bridgehead atoms. The van der Waals surface area contributed by atoms with Crippen LogP contribution in [0.25, 0.3) is 0 Å². The van der Waals surface area contributed by atoms with Crippen molar-refractivity contribution in [1.29, 1.82) is 0 Å². The van der Waals surface area contributed by atoms with Gasteiger partial charge in [0.1, 0.15) is 18.1 Å². The molecule has 2 N–H and O–H groups in total. The van der Waals surface area contributed by atoms with E-state index in [1.807, 2.05) is 12.1 Å². The van der Waals surface area contributed by atoms with Crippen LogP contribution in [0.2, 0.25) is 0 Å². The number of hydrogen-bond donors (Lipinski definition) is 2. The Bertz CT molecular complexity index is 1130. The second-order valence-electron chi connectivity index (χ2n) is 10.8. The summed E-state index contributed by atoms with van der Waals surface area (Å²) in [5.41, 5.74) is 5.12. The molecule has 1 atom stereocenters. The highest BCUT2D eigenvalue weighted by Crippen LogP contribution is 2.35. The summed E-state index contributed by atoms with van der Waals surface area (Å²) in [6.45, 7) is 7.19. The van der Waals surface area contributed by atoms with Crippen molar-refractivity contribution in [1.82, 2.24) is 4.90 Å². The monoisotopic (exact) mass is 513 g/mol. The van der Waals surface area contributed by atoms with Gasteiger partial charge < -0.3 is 20.1 Å². The molecule has 2 saturated heterocycles. The van der Waals surface area contributed by atoms with Gasteiger partial charge in [-0.05, 0) is 86.7 Å². The van der Waals surface area contributed by atoms with Crippen LogP contribution in [0.5, 0.6) is 11.5 Å². The highest BCUT2D eigenvalue weighted by atomic mass is 16.5. The molecular formula is C33H43N3O2. The number of phenolic OH excluding ortho intramolecular Hbond substituents is 1. The predicted molar refractivity (Wildman–Crippen MR) is 158 cm³/mol. The maximum Gasteiger partial charge on any atom is 0.119 e. The third-order valence-corrected chi connectivity index (χ3v) is 8.04. The maximum absolute atomic E-state index is 9.86. The van der Waals surface area contributed by atoms with Gasteiger partial charge in [-0.2, -0.15) is 0 Å². The Morgan fingerprint density at radius 3 is 2.50 bits per heavy atom. The van der Waals surface area contributed by atoms with E-state index >= 15 is 0 Å². The van der Waals surface area contributed by atoms with Crippen molar-refractivity contribution in [2.45, 2.75) is 50.9 Å². The van der Waals surface area contributed by atoms with Crippen molar-refractivity contribution in [3.63, 3.8) is 0 Å². The van der Waals surface area contributed by atoms with Crippen LogP contribution < -0.4 is 15.0 Å². The Kier molecular flexibility index (Phi) is 9.43. The van der Waals surface area contributed by atoms with Crippen molar-refractivity contribution in [2.75, 3.05) is 56.1 Å². The summed E-state index contributed by atoms with van der Waals surface area (Å²) in [6.07, 6.45) is 8.68. The van der Waals surface area contributed by atoms with E-state index in [0.717, 1.165) is 63.5 Å². The highest BCUT2D eigenvalue weighted by molar-refractivity contribution is 5.56. The average molecular weight is 514 g/mol. The van der Waals surface area contributed by atoms with Crippen LogP contribution in [0.3, 0.4) is 0 Å². The third kappa shape index (κ3) is 7.44. The lowest BCUT2D eigenvalue weighted by atomic mass is 9.96. The number of aromatic hydroxyl groups is 1. The Balaban J connectivity index is 1.05. The fraction of sp³-hybridized carbons (Fsp3) is 0.455. The first-order valence-corrected chi connectivity index (χ1v) is 14.6. The number of aryl methyl sites for hydroxylation is 1. The van der Waals surface area contributed by atoms with Crippen molar-refractivity contribution in [3.8, 4) is 11.5 Å². The van der Waals surface area contributed by atoms with Crippen LogP contribution in [0.15, 0.2) is 72.8 Å². The average Bonchev–Trinajstić information content (AvgIpc) is 3.30. The van der Waals surface area contributed by atoms with E-state index in [1.165, 1.54) is 55.6 Å². The maximum atomic E-state index is 9.86. The van der Waals surface area contributed by atoms with E-state index in [1.54, 1.807) is 6.07 Å². The molecule has 0 radical (unpaired) electrons. The molecule has 38 heavy (non-hydrogen) atoms. The number of likely N-dealkylation sites (tertiary alicyclic amines) is 1. The first-order valence-electron chi connectivity index (χ1n) is 14.6. The van der Waals surface area contributed by atoms with Crippen LogP contribution in [0.4, 0.5) is 11.4 Å². The van der Waals surface area contributed by atoms with Crippen molar-refractivity contribution in [2.24, 2.45) is 0 Å². The van der Waals surface area contributed by atoms with Gasteiger partial charge >= 0.3 is 0 Å². The van der Waals surface area contributed by atoms with Gasteiger partial charge in [-0.15, -0.1) is 0 Å². The fourth-order valence-corrected chi connectivity index (χ4v) is 5.87. The highest BCUT2D eigenvalue weighted by Gasteiger charge is 2.26. The van der Waals surface area contributed by atoms with Crippen LogP contribution >= 0.6 is 0 Å². The number of para-hydroxylation sites is 1. The van der Waals surface area contributed by atoms with E-state index in [2.05, 4.69) is 69.7 Å². The first kappa shape index (κ1) is 26.4. The van der Waals surface area contributed by atoms with Crippen LogP contribution in [-0.4, -0.2) is 55.9 Å². The molecule has 5 heteroatoms. The first-order chi connectivity index (χ1) is 18.7. The fourth-order valence-electron chi connectivity index (χ4n) is 5.87. The number of ether oxygens (including phenoxy) is 1.